The van der Waals surface area contributed by atoms with E-state index >= 15 is 0 Å². The molecule has 0 fully saturated rings. The quantitative estimate of drug-likeness (QED) is 0.844. The summed E-state index contributed by atoms with van der Waals surface area (Å²) in [5.41, 5.74) is 0.763. The molecule has 0 bridgehead atoms. The average Bonchev–Trinajstić information content (AvgIpc) is 2.97. The van der Waals surface area contributed by atoms with Gasteiger partial charge in [0.15, 0.2) is 0 Å². The molecule has 0 aliphatic carbocycles. The lowest BCUT2D eigenvalue weighted by atomic mass is 10.3. The summed E-state index contributed by atoms with van der Waals surface area (Å²) in [6, 6.07) is 9.61. The minimum atomic E-state index is -0.0461. The Bertz CT molecular complexity index is 554. The second-order valence-electron chi connectivity index (χ2n) is 3.78. The monoisotopic (exact) mass is 323 g/mol. The molecule has 4 nitrogen and oxygen atoms in total. The van der Waals surface area contributed by atoms with E-state index in [2.05, 4.69) is 16.4 Å². The number of thioether (sulfide) groups is 3. The Balaban J connectivity index is 1.88. The van der Waals surface area contributed by atoms with E-state index in [0.717, 1.165) is 27.3 Å². The lowest BCUT2D eigenvalue weighted by Crippen LogP contribution is -2.15. The Labute approximate surface area is 130 Å². The lowest BCUT2D eigenvalue weighted by Gasteiger charge is -2.09. The summed E-state index contributed by atoms with van der Waals surface area (Å²) >= 11 is 4.60. The summed E-state index contributed by atoms with van der Waals surface area (Å²) < 4.78 is 0.993. The van der Waals surface area contributed by atoms with Gasteiger partial charge in [0.2, 0.25) is 5.91 Å². The van der Waals surface area contributed by atoms with Crippen LogP contribution in [0.5, 0.6) is 0 Å². The predicted octanol–water partition coefficient (Wildman–Crippen LogP) is 3.08. The largest absolute Gasteiger partial charge is 0.324 e. The number of benzene rings is 1. The zero-order valence-electron chi connectivity index (χ0n) is 10.7. The second kappa shape index (κ2) is 8.25. The molecule has 0 unspecified atom stereocenters. The van der Waals surface area contributed by atoms with Crippen molar-refractivity contribution in [2.75, 3.05) is 29.1 Å². The number of amides is 1. The van der Waals surface area contributed by atoms with Crippen LogP contribution in [0.1, 0.15) is 0 Å². The summed E-state index contributed by atoms with van der Waals surface area (Å²) in [6.45, 7) is 0.849. The van der Waals surface area contributed by atoms with Gasteiger partial charge in [-0.1, -0.05) is 35.7 Å². The van der Waals surface area contributed by atoms with E-state index in [1.807, 2.05) is 24.3 Å². The minimum Gasteiger partial charge on any atom is -0.324 e. The zero-order chi connectivity index (χ0) is 14.2. The van der Waals surface area contributed by atoms with Gasteiger partial charge in [0.1, 0.15) is 4.38 Å². The van der Waals surface area contributed by atoms with Crippen LogP contribution in [0, 0.1) is 11.3 Å². The highest BCUT2D eigenvalue weighted by Crippen LogP contribution is 2.27. The highest BCUT2D eigenvalue weighted by Gasteiger charge is 2.11. The number of para-hydroxylation sites is 1. The number of carbonyl (C=O) groups excluding carboxylic acids is 1. The van der Waals surface area contributed by atoms with Crippen LogP contribution >= 0.6 is 35.3 Å². The Morgan fingerprint density at radius 2 is 2.30 bits per heavy atom. The van der Waals surface area contributed by atoms with Crippen molar-refractivity contribution in [1.29, 1.82) is 5.26 Å². The molecular formula is C13H13N3OS3. The highest BCUT2D eigenvalue weighted by atomic mass is 32.2. The van der Waals surface area contributed by atoms with Gasteiger partial charge >= 0.3 is 0 Å². The van der Waals surface area contributed by atoms with Crippen molar-refractivity contribution in [3.05, 3.63) is 24.3 Å². The molecule has 0 aromatic heterocycles. The molecule has 20 heavy (non-hydrogen) atoms. The van der Waals surface area contributed by atoms with Crippen LogP contribution in [0.15, 0.2) is 34.2 Å². The fourth-order valence-corrected chi connectivity index (χ4v) is 4.00. The Kier molecular flexibility index (Phi) is 6.30. The molecule has 1 amide bonds. The fourth-order valence-electron chi connectivity index (χ4n) is 1.52. The molecule has 0 saturated heterocycles. The van der Waals surface area contributed by atoms with E-state index in [-0.39, 0.29) is 5.91 Å². The van der Waals surface area contributed by atoms with Crippen LogP contribution in [0.3, 0.4) is 0 Å². The van der Waals surface area contributed by atoms with Gasteiger partial charge in [-0.2, -0.15) is 5.26 Å². The number of hydrogen-bond donors (Lipinski definition) is 1. The number of nitriles is 1. The molecular weight excluding hydrogens is 310 g/mol. The first-order valence-electron chi connectivity index (χ1n) is 5.98. The van der Waals surface area contributed by atoms with Crippen LogP contribution < -0.4 is 5.32 Å². The Hall–Kier alpha value is -1.10. The summed E-state index contributed by atoms with van der Waals surface area (Å²) in [5, 5.41) is 11.5. The molecule has 0 saturated carbocycles. The van der Waals surface area contributed by atoms with E-state index in [9.17, 15) is 4.79 Å². The highest BCUT2D eigenvalue weighted by molar-refractivity contribution is 8.39. The smallest absolute Gasteiger partial charge is 0.234 e. The van der Waals surface area contributed by atoms with Crippen LogP contribution in [0.25, 0.3) is 0 Å². The molecule has 1 aromatic carbocycles. The summed E-state index contributed by atoms with van der Waals surface area (Å²) in [6.07, 6.45) is 0. The fraction of sp³-hybridized carbons (Fsp3) is 0.308. The maximum absolute atomic E-state index is 11.9. The number of aliphatic imine (C=N–C) groups is 1. The summed E-state index contributed by atoms with van der Waals surface area (Å²) in [5.74, 6) is 1.70. The molecule has 0 radical (unpaired) electrons. The van der Waals surface area contributed by atoms with Crippen LogP contribution in [-0.4, -0.2) is 34.1 Å². The molecule has 1 heterocycles. The van der Waals surface area contributed by atoms with Gasteiger partial charge in [-0.15, -0.1) is 11.8 Å². The van der Waals surface area contributed by atoms with Crippen LogP contribution in [0.2, 0.25) is 0 Å². The van der Waals surface area contributed by atoms with E-state index in [0.29, 0.717) is 11.5 Å². The van der Waals surface area contributed by atoms with E-state index < -0.39 is 0 Å². The number of hydrogen-bond acceptors (Lipinski definition) is 6. The number of nitrogens with one attached hydrogen (secondary N) is 1. The standard InChI is InChI=1S/C13H13N3OS3/c14-5-7-18-11-4-2-1-3-10(11)16-12(17)9-20-13-15-6-8-19-13/h1-4H,6-9H2,(H,16,17). The normalized spacial score (nSPS) is 13.7. The molecule has 1 aliphatic heterocycles. The third kappa shape index (κ3) is 4.78. The molecule has 7 heteroatoms. The van der Waals surface area contributed by atoms with Crippen LogP contribution in [-0.2, 0) is 4.79 Å². The molecule has 104 valence electrons. The van der Waals surface area contributed by atoms with Crippen molar-refractivity contribution >= 4 is 51.3 Å². The van der Waals surface area contributed by atoms with Crippen LogP contribution in [0.4, 0.5) is 5.69 Å². The molecule has 1 N–H and O–H groups in total. The maximum atomic E-state index is 11.9. The van der Waals surface area contributed by atoms with Gasteiger partial charge in [0.05, 0.1) is 29.8 Å². The molecule has 0 spiro atoms. The summed E-state index contributed by atoms with van der Waals surface area (Å²) in [7, 11) is 0. The van der Waals surface area contributed by atoms with Crippen molar-refractivity contribution in [3.63, 3.8) is 0 Å². The maximum Gasteiger partial charge on any atom is 0.234 e. The van der Waals surface area contributed by atoms with Gasteiger partial charge < -0.3 is 5.32 Å². The predicted molar refractivity (Wildman–Crippen MR) is 88.6 cm³/mol. The van der Waals surface area contributed by atoms with E-state index in [1.165, 1.54) is 23.5 Å². The van der Waals surface area contributed by atoms with Gasteiger partial charge in [-0.3, -0.25) is 9.79 Å². The number of rotatable bonds is 5. The number of nitrogens with zero attached hydrogens (tertiary/aromatic N) is 2. The molecule has 2 rings (SSSR count). The Morgan fingerprint density at radius 3 is 3.05 bits per heavy atom. The molecule has 1 aliphatic rings. The minimum absolute atomic E-state index is 0.0461. The molecule has 0 atom stereocenters. The Morgan fingerprint density at radius 1 is 1.45 bits per heavy atom. The van der Waals surface area contributed by atoms with Crippen molar-refractivity contribution in [2.45, 2.75) is 4.90 Å². The van der Waals surface area contributed by atoms with Crippen molar-refractivity contribution in [1.82, 2.24) is 0 Å². The van der Waals surface area contributed by atoms with E-state index in [4.69, 9.17) is 5.26 Å². The second-order valence-corrected chi connectivity index (χ2v) is 7.10. The lowest BCUT2D eigenvalue weighted by molar-refractivity contribution is -0.113. The topological polar surface area (TPSA) is 65.2 Å². The first-order chi connectivity index (χ1) is 9.79. The van der Waals surface area contributed by atoms with Gasteiger partial charge in [-0.25, -0.2) is 0 Å². The third-order valence-corrected chi connectivity index (χ3v) is 5.53. The first kappa shape index (κ1) is 15.3. The van der Waals surface area contributed by atoms with Gasteiger partial charge in [0.25, 0.3) is 0 Å². The SMILES string of the molecule is N#CCSc1ccccc1NC(=O)CSC1=NCCS1. The van der Waals surface area contributed by atoms with Crippen molar-refractivity contribution < 1.29 is 4.79 Å². The zero-order valence-corrected chi connectivity index (χ0v) is 13.1. The van der Waals surface area contributed by atoms with Gasteiger partial charge in [-0.05, 0) is 12.1 Å². The first-order valence-corrected chi connectivity index (χ1v) is 8.94. The van der Waals surface area contributed by atoms with E-state index in [1.54, 1.807) is 11.8 Å². The number of carbonyl (C=O) groups is 1. The van der Waals surface area contributed by atoms with Crippen molar-refractivity contribution in [2.24, 2.45) is 4.99 Å². The third-order valence-electron chi connectivity index (χ3n) is 2.34. The summed E-state index contributed by atoms with van der Waals surface area (Å²) in [4.78, 5) is 17.1. The van der Waals surface area contributed by atoms with Crippen molar-refractivity contribution in [3.8, 4) is 6.07 Å². The van der Waals surface area contributed by atoms with Gasteiger partial charge in [0, 0.05) is 10.6 Å². The number of anilines is 1. The molecule has 1 aromatic rings. The average molecular weight is 323 g/mol.